The quantitative estimate of drug-likeness (QED) is 0.602. The minimum Gasteiger partial charge on any atom is -0.391 e. The molecule has 1 aliphatic heterocycles. The van der Waals surface area contributed by atoms with Crippen LogP contribution in [0.3, 0.4) is 0 Å². The van der Waals surface area contributed by atoms with E-state index in [-0.39, 0.29) is 31.3 Å². The third-order valence-electron chi connectivity index (χ3n) is 2.47. The Hall–Kier alpha value is -1.10. The van der Waals surface area contributed by atoms with Gasteiger partial charge in [0.2, 0.25) is 11.8 Å². The molecule has 1 unspecified atom stereocenters. The van der Waals surface area contributed by atoms with E-state index in [1.54, 1.807) is 0 Å². The first-order valence-corrected chi connectivity index (χ1v) is 4.90. The SMILES string of the molecule is O=C(CN1CC(O)CC1=O)NC1CC1. The van der Waals surface area contributed by atoms with E-state index in [0.717, 1.165) is 12.8 Å². The molecule has 1 saturated heterocycles. The van der Waals surface area contributed by atoms with E-state index in [9.17, 15) is 14.7 Å². The Bertz CT molecular complexity index is 263. The highest BCUT2D eigenvalue weighted by molar-refractivity contribution is 5.86. The van der Waals surface area contributed by atoms with Crippen LogP contribution < -0.4 is 5.32 Å². The maximum absolute atomic E-state index is 11.3. The molecule has 2 fully saturated rings. The van der Waals surface area contributed by atoms with Crippen LogP contribution in [0.5, 0.6) is 0 Å². The zero-order chi connectivity index (χ0) is 10.1. The van der Waals surface area contributed by atoms with Crippen LogP contribution >= 0.6 is 0 Å². The second-order valence-electron chi connectivity index (χ2n) is 3.97. The lowest BCUT2D eigenvalue weighted by atomic mass is 10.3. The van der Waals surface area contributed by atoms with Crippen LogP contribution in [0.25, 0.3) is 0 Å². The van der Waals surface area contributed by atoms with Crippen LogP contribution in [0.4, 0.5) is 0 Å². The molecular formula is C9H14N2O3. The summed E-state index contributed by atoms with van der Waals surface area (Å²) < 4.78 is 0. The van der Waals surface area contributed by atoms with Crippen LogP contribution in [0, 0.1) is 0 Å². The Morgan fingerprint density at radius 1 is 1.57 bits per heavy atom. The van der Waals surface area contributed by atoms with Crippen molar-refractivity contribution < 1.29 is 14.7 Å². The summed E-state index contributed by atoms with van der Waals surface area (Å²) in [5.74, 6) is -0.251. The lowest BCUT2D eigenvalue weighted by molar-refractivity contribution is -0.133. The van der Waals surface area contributed by atoms with E-state index in [2.05, 4.69) is 5.32 Å². The Morgan fingerprint density at radius 2 is 2.29 bits per heavy atom. The molecule has 5 heteroatoms. The summed E-state index contributed by atoms with van der Waals surface area (Å²) in [6.45, 7) is 0.378. The predicted molar refractivity (Wildman–Crippen MR) is 48.4 cm³/mol. The van der Waals surface area contributed by atoms with E-state index in [1.165, 1.54) is 4.90 Å². The molecule has 1 heterocycles. The lowest BCUT2D eigenvalue weighted by Crippen LogP contribution is -2.39. The highest BCUT2D eigenvalue weighted by Crippen LogP contribution is 2.18. The van der Waals surface area contributed by atoms with Gasteiger partial charge in [0.05, 0.1) is 19.1 Å². The van der Waals surface area contributed by atoms with Gasteiger partial charge >= 0.3 is 0 Å². The number of hydrogen-bond donors (Lipinski definition) is 2. The number of likely N-dealkylation sites (tertiary alicyclic amines) is 1. The molecule has 2 amide bonds. The van der Waals surface area contributed by atoms with Crippen molar-refractivity contribution >= 4 is 11.8 Å². The van der Waals surface area contributed by atoms with E-state index in [0.29, 0.717) is 6.04 Å². The van der Waals surface area contributed by atoms with Gasteiger partial charge in [0.25, 0.3) is 0 Å². The standard InChI is InChI=1S/C9H14N2O3/c12-7-3-9(14)11(4-7)5-8(13)10-6-1-2-6/h6-7,12H,1-5H2,(H,10,13). The maximum atomic E-state index is 11.3. The number of aliphatic hydroxyl groups is 1. The molecule has 0 aromatic heterocycles. The maximum Gasteiger partial charge on any atom is 0.239 e. The molecule has 2 aliphatic rings. The number of β-amino-alcohol motifs (C(OH)–C–C–N with tert-alkyl or cyclic N) is 1. The number of carbonyl (C=O) groups excluding carboxylic acids is 2. The number of nitrogens with zero attached hydrogens (tertiary/aromatic N) is 1. The molecule has 0 spiro atoms. The zero-order valence-corrected chi connectivity index (χ0v) is 7.90. The predicted octanol–water partition coefficient (Wildman–Crippen LogP) is -1.14. The largest absolute Gasteiger partial charge is 0.391 e. The fourth-order valence-corrected chi connectivity index (χ4v) is 1.58. The first-order chi connectivity index (χ1) is 6.65. The van der Waals surface area contributed by atoms with Gasteiger partial charge in [-0.2, -0.15) is 0 Å². The van der Waals surface area contributed by atoms with Crippen molar-refractivity contribution in [3.05, 3.63) is 0 Å². The first kappa shape index (κ1) is 9.45. The van der Waals surface area contributed by atoms with E-state index in [1.807, 2.05) is 0 Å². The molecule has 0 bridgehead atoms. The smallest absolute Gasteiger partial charge is 0.239 e. The number of amides is 2. The topological polar surface area (TPSA) is 69.6 Å². The Labute approximate surface area is 82.1 Å². The van der Waals surface area contributed by atoms with Gasteiger partial charge in [-0.3, -0.25) is 9.59 Å². The average Bonchev–Trinajstić information content (AvgIpc) is 2.81. The van der Waals surface area contributed by atoms with Crippen molar-refractivity contribution in [1.29, 1.82) is 0 Å². The summed E-state index contributed by atoms with van der Waals surface area (Å²) >= 11 is 0. The number of nitrogens with one attached hydrogen (secondary N) is 1. The molecule has 2 rings (SSSR count). The van der Waals surface area contributed by atoms with Crippen molar-refractivity contribution in [2.45, 2.75) is 31.4 Å². The van der Waals surface area contributed by atoms with E-state index >= 15 is 0 Å². The molecule has 2 N–H and O–H groups in total. The van der Waals surface area contributed by atoms with Crippen molar-refractivity contribution in [3.63, 3.8) is 0 Å². The first-order valence-electron chi connectivity index (χ1n) is 4.90. The van der Waals surface area contributed by atoms with E-state index < -0.39 is 6.10 Å². The second-order valence-corrected chi connectivity index (χ2v) is 3.97. The number of hydrogen-bond acceptors (Lipinski definition) is 3. The number of rotatable bonds is 3. The minimum absolute atomic E-state index is 0.0897. The second kappa shape index (κ2) is 3.57. The molecule has 14 heavy (non-hydrogen) atoms. The van der Waals surface area contributed by atoms with Crippen LogP contribution in [-0.4, -0.2) is 47.1 Å². The van der Waals surface area contributed by atoms with Gasteiger partial charge in [0, 0.05) is 12.6 Å². The molecule has 1 atom stereocenters. The molecule has 1 aliphatic carbocycles. The van der Waals surface area contributed by atoms with Crippen LogP contribution in [0.15, 0.2) is 0 Å². The van der Waals surface area contributed by atoms with Gasteiger partial charge < -0.3 is 15.3 Å². The summed E-state index contributed by atoms with van der Waals surface area (Å²) in [7, 11) is 0. The molecule has 0 aromatic rings. The third kappa shape index (κ3) is 2.23. The van der Waals surface area contributed by atoms with Gasteiger partial charge in [-0.1, -0.05) is 0 Å². The monoisotopic (exact) mass is 198 g/mol. The van der Waals surface area contributed by atoms with Crippen molar-refractivity contribution in [2.24, 2.45) is 0 Å². The van der Waals surface area contributed by atoms with Crippen molar-refractivity contribution in [3.8, 4) is 0 Å². The number of carbonyl (C=O) groups is 2. The number of aliphatic hydroxyl groups excluding tert-OH is 1. The fraction of sp³-hybridized carbons (Fsp3) is 0.778. The van der Waals surface area contributed by atoms with Gasteiger partial charge in [-0.05, 0) is 12.8 Å². The lowest BCUT2D eigenvalue weighted by Gasteiger charge is -2.14. The zero-order valence-electron chi connectivity index (χ0n) is 7.90. The summed E-state index contributed by atoms with van der Waals surface area (Å²) in [6, 6.07) is 0.324. The van der Waals surface area contributed by atoms with Crippen LogP contribution in [0.1, 0.15) is 19.3 Å². The summed E-state index contributed by atoms with van der Waals surface area (Å²) in [4.78, 5) is 23.9. The molecule has 78 valence electrons. The van der Waals surface area contributed by atoms with Crippen molar-refractivity contribution in [2.75, 3.05) is 13.1 Å². The molecule has 0 radical (unpaired) electrons. The van der Waals surface area contributed by atoms with E-state index in [4.69, 9.17) is 0 Å². The summed E-state index contributed by atoms with van der Waals surface area (Å²) in [5, 5.41) is 12.0. The summed E-state index contributed by atoms with van der Waals surface area (Å²) in [6.07, 6.45) is 1.64. The van der Waals surface area contributed by atoms with Gasteiger partial charge in [0.1, 0.15) is 0 Å². The van der Waals surface area contributed by atoms with Crippen LogP contribution in [0.2, 0.25) is 0 Å². The fourth-order valence-electron chi connectivity index (χ4n) is 1.58. The third-order valence-corrected chi connectivity index (χ3v) is 2.47. The van der Waals surface area contributed by atoms with Crippen molar-refractivity contribution in [1.82, 2.24) is 10.2 Å². The van der Waals surface area contributed by atoms with Crippen LogP contribution in [-0.2, 0) is 9.59 Å². The molecule has 0 aromatic carbocycles. The highest BCUT2D eigenvalue weighted by atomic mass is 16.3. The summed E-state index contributed by atoms with van der Waals surface area (Å²) in [5.41, 5.74) is 0. The Morgan fingerprint density at radius 3 is 2.79 bits per heavy atom. The van der Waals surface area contributed by atoms with Gasteiger partial charge in [-0.25, -0.2) is 0 Å². The van der Waals surface area contributed by atoms with Gasteiger partial charge in [-0.15, -0.1) is 0 Å². The van der Waals surface area contributed by atoms with Gasteiger partial charge in [0.15, 0.2) is 0 Å². The molecule has 1 saturated carbocycles. The Kier molecular flexibility index (Phi) is 2.41. The molecule has 5 nitrogen and oxygen atoms in total. The Balaban J connectivity index is 1.78. The molecular weight excluding hydrogens is 184 g/mol. The highest BCUT2D eigenvalue weighted by Gasteiger charge is 2.30. The minimum atomic E-state index is -0.601. The normalized spacial score (nSPS) is 26.8. The average molecular weight is 198 g/mol.